The highest BCUT2D eigenvalue weighted by atomic mass is 19.1. The second kappa shape index (κ2) is 7.55. The van der Waals surface area contributed by atoms with Gasteiger partial charge in [-0.3, -0.25) is 9.59 Å². The van der Waals surface area contributed by atoms with Gasteiger partial charge in [0.2, 0.25) is 5.91 Å². The number of hydrogen-bond donors (Lipinski definition) is 0. The van der Waals surface area contributed by atoms with E-state index in [1.807, 2.05) is 15.9 Å². The molecule has 2 fully saturated rings. The number of nitrogens with zero attached hydrogens (tertiary/aromatic N) is 2. The first-order valence-electron chi connectivity index (χ1n) is 9.48. The third-order valence-corrected chi connectivity index (χ3v) is 5.78. The van der Waals surface area contributed by atoms with E-state index in [1.165, 1.54) is 18.6 Å². The highest BCUT2D eigenvalue weighted by Crippen LogP contribution is 2.32. The third kappa shape index (κ3) is 3.61. The van der Waals surface area contributed by atoms with E-state index >= 15 is 0 Å². The van der Waals surface area contributed by atoms with E-state index in [9.17, 15) is 14.0 Å². The van der Waals surface area contributed by atoms with E-state index in [-0.39, 0.29) is 29.6 Å². The fraction of sp³-hybridized carbons (Fsp3) is 0.429. The lowest BCUT2D eigenvalue weighted by Crippen LogP contribution is -2.57. The predicted octanol–water partition coefficient (Wildman–Crippen LogP) is 3.11. The van der Waals surface area contributed by atoms with E-state index in [0.29, 0.717) is 43.6 Å². The smallest absolute Gasteiger partial charge is 0.257 e. The Hall–Kier alpha value is -2.63. The summed E-state index contributed by atoms with van der Waals surface area (Å²) in [6.07, 6.45) is 5.54. The van der Waals surface area contributed by atoms with Gasteiger partial charge in [-0.2, -0.15) is 0 Å². The van der Waals surface area contributed by atoms with E-state index in [1.54, 1.807) is 18.2 Å². The lowest BCUT2D eigenvalue weighted by Gasteiger charge is -2.47. The molecule has 3 heterocycles. The average molecular weight is 370 g/mol. The van der Waals surface area contributed by atoms with Crippen LogP contribution < -0.4 is 0 Å². The first-order valence-corrected chi connectivity index (χ1v) is 9.48. The fourth-order valence-electron chi connectivity index (χ4n) is 4.34. The van der Waals surface area contributed by atoms with Gasteiger partial charge in [-0.05, 0) is 42.9 Å². The Bertz CT molecular complexity index is 821. The van der Waals surface area contributed by atoms with Crippen molar-refractivity contribution in [2.45, 2.75) is 31.7 Å². The first-order chi connectivity index (χ1) is 13.1. The van der Waals surface area contributed by atoms with Crippen molar-refractivity contribution in [1.29, 1.82) is 0 Å². The number of benzene rings is 1. The Morgan fingerprint density at radius 2 is 2.07 bits per heavy atom. The molecule has 1 aromatic carbocycles. The molecule has 0 unspecified atom stereocenters. The molecule has 2 atom stereocenters. The van der Waals surface area contributed by atoms with Crippen LogP contribution in [0.4, 0.5) is 4.39 Å². The van der Waals surface area contributed by atoms with Crippen molar-refractivity contribution in [2.75, 3.05) is 19.6 Å². The Morgan fingerprint density at radius 1 is 1.22 bits per heavy atom. The topological polar surface area (TPSA) is 53.8 Å². The normalized spacial score (nSPS) is 22.6. The predicted molar refractivity (Wildman–Crippen MR) is 97.6 cm³/mol. The summed E-state index contributed by atoms with van der Waals surface area (Å²) >= 11 is 0. The van der Waals surface area contributed by atoms with Gasteiger partial charge in [-0.25, -0.2) is 4.39 Å². The largest absolute Gasteiger partial charge is 0.472 e. The second-order valence-corrected chi connectivity index (χ2v) is 7.35. The highest BCUT2D eigenvalue weighted by Gasteiger charge is 2.40. The maximum atomic E-state index is 13.9. The van der Waals surface area contributed by atoms with Crippen LogP contribution in [0.15, 0.2) is 47.3 Å². The van der Waals surface area contributed by atoms with E-state index in [2.05, 4.69) is 0 Å². The van der Waals surface area contributed by atoms with Gasteiger partial charge < -0.3 is 14.2 Å². The lowest BCUT2D eigenvalue weighted by atomic mass is 9.83. The molecule has 5 nitrogen and oxygen atoms in total. The number of hydrogen-bond acceptors (Lipinski definition) is 3. The average Bonchev–Trinajstić information content (AvgIpc) is 3.22. The molecule has 6 heteroatoms. The first kappa shape index (κ1) is 17.8. The van der Waals surface area contributed by atoms with Crippen molar-refractivity contribution < 1.29 is 18.4 Å². The van der Waals surface area contributed by atoms with Crippen molar-refractivity contribution in [3.63, 3.8) is 0 Å². The van der Waals surface area contributed by atoms with Crippen LogP contribution in [0.1, 0.15) is 35.2 Å². The Kier molecular flexibility index (Phi) is 4.97. The maximum Gasteiger partial charge on any atom is 0.257 e. The number of piperidine rings is 2. The SMILES string of the molecule is O=C(c1ccoc1)N1CC[C@@H]2[C@@H](CCC(=O)N2CCc2ccccc2F)C1. The molecule has 0 radical (unpaired) electrons. The summed E-state index contributed by atoms with van der Waals surface area (Å²) in [7, 11) is 0. The number of halogens is 1. The minimum Gasteiger partial charge on any atom is -0.472 e. The molecule has 2 aliphatic rings. The van der Waals surface area contributed by atoms with Gasteiger partial charge in [0.1, 0.15) is 12.1 Å². The number of fused-ring (bicyclic) bond motifs is 1. The fourth-order valence-corrected chi connectivity index (χ4v) is 4.34. The monoisotopic (exact) mass is 370 g/mol. The molecular weight excluding hydrogens is 347 g/mol. The number of likely N-dealkylation sites (tertiary alicyclic amines) is 2. The van der Waals surface area contributed by atoms with Crippen LogP contribution in [0.25, 0.3) is 0 Å². The molecule has 0 N–H and O–H groups in total. The van der Waals surface area contributed by atoms with Gasteiger partial charge in [0, 0.05) is 32.1 Å². The molecule has 1 aromatic heterocycles. The summed E-state index contributed by atoms with van der Waals surface area (Å²) in [5.74, 6) is 0.172. The van der Waals surface area contributed by atoms with Crippen LogP contribution in [0.2, 0.25) is 0 Å². The summed E-state index contributed by atoms with van der Waals surface area (Å²) in [5.41, 5.74) is 1.21. The van der Waals surface area contributed by atoms with E-state index in [0.717, 1.165) is 12.8 Å². The standard InChI is InChI=1S/C21H23FN2O3/c22-18-4-2-1-3-15(18)7-11-24-19-8-10-23(13-16(19)5-6-20(24)25)21(26)17-9-12-27-14-17/h1-4,9,12,14,16,19H,5-8,10-11,13H2/t16-,19+/m0/s1. The summed E-state index contributed by atoms with van der Waals surface area (Å²) < 4.78 is 18.9. The molecule has 0 saturated carbocycles. The minimum atomic E-state index is -0.223. The van der Waals surface area contributed by atoms with Gasteiger partial charge in [0.25, 0.3) is 5.91 Å². The minimum absolute atomic E-state index is 0.0167. The molecule has 0 bridgehead atoms. The summed E-state index contributed by atoms with van der Waals surface area (Å²) in [6.45, 7) is 1.80. The third-order valence-electron chi connectivity index (χ3n) is 5.78. The number of amides is 2. The number of furan rings is 1. The van der Waals surface area contributed by atoms with Crippen LogP contribution in [0.5, 0.6) is 0 Å². The quantitative estimate of drug-likeness (QED) is 0.831. The van der Waals surface area contributed by atoms with Crippen LogP contribution in [0.3, 0.4) is 0 Å². The van der Waals surface area contributed by atoms with Crippen molar-refractivity contribution in [3.8, 4) is 0 Å². The lowest BCUT2D eigenvalue weighted by molar-refractivity contribution is -0.140. The van der Waals surface area contributed by atoms with Crippen molar-refractivity contribution in [2.24, 2.45) is 5.92 Å². The zero-order valence-corrected chi connectivity index (χ0v) is 15.1. The van der Waals surface area contributed by atoms with Crippen molar-refractivity contribution in [1.82, 2.24) is 9.80 Å². The van der Waals surface area contributed by atoms with Crippen LogP contribution >= 0.6 is 0 Å². The van der Waals surface area contributed by atoms with Crippen LogP contribution in [-0.4, -0.2) is 47.3 Å². The molecule has 142 valence electrons. The van der Waals surface area contributed by atoms with Crippen LogP contribution in [-0.2, 0) is 11.2 Å². The van der Waals surface area contributed by atoms with Gasteiger partial charge in [0.15, 0.2) is 0 Å². The van der Waals surface area contributed by atoms with Gasteiger partial charge in [-0.1, -0.05) is 18.2 Å². The number of carbonyl (C=O) groups is 2. The van der Waals surface area contributed by atoms with Gasteiger partial charge in [-0.15, -0.1) is 0 Å². The van der Waals surface area contributed by atoms with E-state index < -0.39 is 0 Å². The van der Waals surface area contributed by atoms with Crippen molar-refractivity contribution in [3.05, 3.63) is 59.8 Å². The van der Waals surface area contributed by atoms with Crippen molar-refractivity contribution >= 4 is 11.8 Å². The molecule has 2 aliphatic heterocycles. The molecule has 0 aliphatic carbocycles. The summed E-state index contributed by atoms with van der Waals surface area (Å²) in [5, 5.41) is 0. The molecule has 4 rings (SSSR count). The number of carbonyl (C=O) groups excluding carboxylic acids is 2. The van der Waals surface area contributed by atoms with Crippen LogP contribution in [0, 0.1) is 11.7 Å². The second-order valence-electron chi connectivity index (χ2n) is 7.35. The Labute approximate surface area is 157 Å². The molecular formula is C21H23FN2O3. The molecule has 27 heavy (non-hydrogen) atoms. The number of rotatable bonds is 4. The van der Waals surface area contributed by atoms with E-state index in [4.69, 9.17) is 4.42 Å². The summed E-state index contributed by atoms with van der Waals surface area (Å²) in [4.78, 5) is 28.8. The summed E-state index contributed by atoms with van der Waals surface area (Å²) in [6, 6.07) is 8.53. The zero-order valence-electron chi connectivity index (χ0n) is 15.1. The molecule has 2 saturated heterocycles. The maximum absolute atomic E-state index is 13.9. The molecule has 2 amide bonds. The zero-order chi connectivity index (χ0) is 18.8. The van der Waals surface area contributed by atoms with Gasteiger partial charge in [0.05, 0.1) is 11.8 Å². The molecule has 0 spiro atoms. The van der Waals surface area contributed by atoms with Gasteiger partial charge >= 0.3 is 0 Å². The Morgan fingerprint density at radius 3 is 2.85 bits per heavy atom. The molecule has 2 aromatic rings. The Balaban J connectivity index is 1.42. The highest BCUT2D eigenvalue weighted by molar-refractivity contribution is 5.94.